The van der Waals surface area contributed by atoms with Gasteiger partial charge in [-0.05, 0) is 38.2 Å². The molecular weight excluding hydrogens is 280 g/mol. The summed E-state index contributed by atoms with van der Waals surface area (Å²) in [6, 6.07) is 26.2. The van der Waals surface area contributed by atoms with Crippen LogP contribution in [0.2, 0.25) is 0 Å². The van der Waals surface area contributed by atoms with Crippen LogP contribution in [-0.2, 0) is 4.74 Å². The van der Waals surface area contributed by atoms with Gasteiger partial charge in [0.15, 0.2) is 0 Å². The van der Waals surface area contributed by atoms with Crippen molar-refractivity contribution >= 4 is 21.5 Å². The first-order valence-electron chi connectivity index (χ1n) is 8.11. The summed E-state index contributed by atoms with van der Waals surface area (Å²) in [7, 11) is 0. The van der Waals surface area contributed by atoms with E-state index in [0.717, 1.165) is 0 Å². The van der Waals surface area contributed by atoms with Crippen molar-refractivity contribution < 1.29 is 4.74 Å². The summed E-state index contributed by atoms with van der Waals surface area (Å²) in [6.07, 6.45) is 0.456. The summed E-state index contributed by atoms with van der Waals surface area (Å²) in [5.74, 6) is 0. The van der Waals surface area contributed by atoms with E-state index in [1.165, 1.54) is 43.8 Å². The lowest BCUT2D eigenvalue weighted by Gasteiger charge is -2.21. The van der Waals surface area contributed by atoms with Crippen LogP contribution in [0.15, 0.2) is 72.8 Å². The minimum absolute atomic E-state index is 0.217. The number of epoxide rings is 1. The fourth-order valence-corrected chi connectivity index (χ4v) is 4.30. The van der Waals surface area contributed by atoms with E-state index in [1.807, 2.05) is 0 Å². The van der Waals surface area contributed by atoms with Crippen LogP contribution in [0.3, 0.4) is 0 Å². The van der Waals surface area contributed by atoms with Crippen molar-refractivity contribution in [3.63, 3.8) is 0 Å². The van der Waals surface area contributed by atoms with E-state index in [2.05, 4.69) is 72.8 Å². The SMILES string of the molecule is c1ccc2c(c1)-c1c(c3ccccc3c3ccccc13)[C@@H]1O[C@H]21. The quantitative estimate of drug-likeness (QED) is 0.295. The Hall–Kier alpha value is -2.64. The van der Waals surface area contributed by atoms with Crippen LogP contribution in [0.1, 0.15) is 23.3 Å². The predicted octanol–water partition coefficient (Wildman–Crippen LogP) is 5.79. The number of hydrogen-bond donors (Lipinski definition) is 0. The van der Waals surface area contributed by atoms with Crippen molar-refractivity contribution in [2.75, 3.05) is 0 Å². The van der Waals surface area contributed by atoms with E-state index in [-0.39, 0.29) is 12.2 Å². The van der Waals surface area contributed by atoms with Crippen molar-refractivity contribution in [2.24, 2.45) is 0 Å². The van der Waals surface area contributed by atoms with Crippen molar-refractivity contribution in [3.05, 3.63) is 83.9 Å². The molecule has 1 aliphatic heterocycles. The zero-order valence-corrected chi connectivity index (χ0v) is 12.5. The van der Waals surface area contributed by atoms with E-state index in [4.69, 9.17) is 4.74 Å². The minimum Gasteiger partial charge on any atom is -0.359 e. The second kappa shape index (κ2) is 4.01. The molecular formula is C22H14O. The lowest BCUT2D eigenvalue weighted by atomic mass is 9.80. The molecule has 0 saturated carbocycles. The molecule has 0 N–H and O–H groups in total. The topological polar surface area (TPSA) is 12.5 Å². The van der Waals surface area contributed by atoms with Gasteiger partial charge in [0.25, 0.3) is 0 Å². The highest BCUT2D eigenvalue weighted by atomic mass is 16.6. The van der Waals surface area contributed by atoms with E-state index in [0.29, 0.717) is 0 Å². The molecule has 1 nitrogen and oxygen atoms in total. The third kappa shape index (κ3) is 1.41. The van der Waals surface area contributed by atoms with Crippen molar-refractivity contribution in [1.29, 1.82) is 0 Å². The molecule has 1 saturated heterocycles. The van der Waals surface area contributed by atoms with E-state index < -0.39 is 0 Å². The van der Waals surface area contributed by atoms with Crippen LogP contribution in [0.25, 0.3) is 32.7 Å². The summed E-state index contributed by atoms with van der Waals surface area (Å²) in [4.78, 5) is 0. The Morgan fingerprint density at radius 2 is 1.17 bits per heavy atom. The van der Waals surface area contributed by atoms with E-state index >= 15 is 0 Å². The first kappa shape index (κ1) is 11.9. The van der Waals surface area contributed by atoms with Crippen LogP contribution < -0.4 is 0 Å². The second-order valence-corrected chi connectivity index (χ2v) is 6.44. The molecule has 0 radical (unpaired) electrons. The van der Waals surface area contributed by atoms with Gasteiger partial charge in [0.05, 0.1) is 0 Å². The highest BCUT2D eigenvalue weighted by Crippen LogP contribution is 2.62. The van der Waals surface area contributed by atoms with Gasteiger partial charge < -0.3 is 4.74 Å². The summed E-state index contributed by atoms with van der Waals surface area (Å²) >= 11 is 0. The Labute approximate surface area is 134 Å². The molecule has 0 amide bonds. The Morgan fingerprint density at radius 1 is 0.565 bits per heavy atom. The number of fused-ring (bicyclic) bond motifs is 11. The Bertz CT molecular complexity index is 1110. The highest BCUT2D eigenvalue weighted by Gasteiger charge is 2.48. The number of hydrogen-bond acceptors (Lipinski definition) is 1. The maximum atomic E-state index is 6.09. The van der Waals surface area contributed by atoms with Crippen LogP contribution in [0.4, 0.5) is 0 Å². The summed E-state index contributed by atoms with van der Waals surface area (Å²) in [5, 5.41) is 5.33. The van der Waals surface area contributed by atoms with Gasteiger partial charge in [-0.15, -0.1) is 0 Å². The molecule has 4 aromatic rings. The molecule has 2 aliphatic rings. The van der Waals surface area contributed by atoms with Gasteiger partial charge in [-0.25, -0.2) is 0 Å². The molecule has 1 heteroatoms. The van der Waals surface area contributed by atoms with Gasteiger partial charge >= 0.3 is 0 Å². The third-order valence-electron chi connectivity index (χ3n) is 5.29. The largest absolute Gasteiger partial charge is 0.359 e. The first-order valence-corrected chi connectivity index (χ1v) is 8.11. The van der Waals surface area contributed by atoms with Gasteiger partial charge in [0.2, 0.25) is 0 Å². The fourth-order valence-electron chi connectivity index (χ4n) is 4.30. The van der Waals surface area contributed by atoms with E-state index in [9.17, 15) is 0 Å². The van der Waals surface area contributed by atoms with Crippen molar-refractivity contribution in [2.45, 2.75) is 12.2 Å². The average molecular weight is 294 g/mol. The maximum absolute atomic E-state index is 6.09. The van der Waals surface area contributed by atoms with Crippen molar-refractivity contribution in [1.82, 2.24) is 0 Å². The molecule has 6 rings (SSSR count). The van der Waals surface area contributed by atoms with Crippen LogP contribution in [0.5, 0.6) is 0 Å². The van der Waals surface area contributed by atoms with Gasteiger partial charge in [-0.1, -0.05) is 72.8 Å². The zero-order chi connectivity index (χ0) is 15.0. The molecule has 0 spiro atoms. The van der Waals surface area contributed by atoms with Crippen LogP contribution >= 0.6 is 0 Å². The number of rotatable bonds is 0. The molecule has 2 atom stereocenters. The molecule has 23 heavy (non-hydrogen) atoms. The van der Waals surface area contributed by atoms with Gasteiger partial charge in [-0.2, -0.15) is 0 Å². The van der Waals surface area contributed by atoms with Gasteiger partial charge in [0.1, 0.15) is 12.2 Å². The highest BCUT2D eigenvalue weighted by molar-refractivity contribution is 6.16. The van der Waals surface area contributed by atoms with E-state index in [1.54, 1.807) is 0 Å². The molecule has 108 valence electrons. The first-order chi connectivity index (χ1) is 11.4. The van der Waals surface area contributed by atoms with Crippen LogP contribution in [0, 0.1) is 0 Å². The molecule has 1 heterocycles. The Morgan fingerprint density at radius 3 is 2.00 bits per heavy atom. The second-order valence-electron chi connectivity index (χ2n) is 6.44. The summed E-state index contributed by atoms with van der Waals surface area (Å²) in [5.41, 5.74) is 5.42. The molecule has 4 aromatic carbocycles. The fraction of sp³-hybridized carbons (Fsp3) is 0.0909. The number of benzene rings is 4. The average Bonchev–Trinajstić information content (AvgIpc) is 3.42. The van der Waals surface area contributed by atoms with Crippen LogP contribution in [-0.4, -0.2) is 0 Å². The van der Waals surface area contributed by atoms with Gasteiger partial charge in [0, 0.05) is 5.56 Å². The van der Waals surface area contributed by atoms with Crippen molar-refractivity contribution in [3.8, 4) is 11.1 Å². The zero-order valence-electron chi connectivity index (χ0n) is 12.5. The Kier molecular flexibility index (Phi) is 2.07. The lowest BCUT2D eigenvalue weighted by Crippen LogP contribution is -2.01. The minimum atomic E-state index is 0.217. The maximum Gasteiger partial charge on any atom is 0.115 e. The number of ether oxygens (including phenoxy) is 1. The molecule has 1 fully saturated rings. The lowest BCUT2D eigenvalue weighted by molar-refractivity contribution is 0.381. The molecule has 0 unspecified atom stereocenters. The predicted molar refractivity (Wildman–Crippen MR) is 93.5 cm³/mol. The molecule has 0 aromatic heterocycles. The van der Waals surface area contributed by atoms with Gasteiger partial charge in [-0.3, -0.25) is 0 Å². The normalized spacial score (nSPS) is 20.9. The summed E-state index contributed by atoms with van der Waals surface area (Å²) in [6.45, 7) is 0. The smallest absolute Gasteiger partial charge is 0.115 e. The standard InChI is InChI=1S/C22H14O/c1-3-9-15-13(7-1)14-8-2-4-10-16(14)20-19(15)17-11-5-6-12-18(17)21-22(20)23-21/h1-12,21-22H/t21-,22+/m1/s1. The Balaban J connectivity index is 1.92. The molecule has 0 bridgehead atoms. The monoisotopic (exact) mass is 294 g/mol. The summed E-state index contributed by atoms with van der Waals surface area (Å²) < 4.78 is 6.09. The third-order valence-corrected chi connectivity index (χ3v) is 5.29. The molecule has 1 aliphatic carbocycles.